The van der Waals surface area contributed by atoms with E-state index in [1.807, 2.05) is 18.2 Å². The average molecular weight is 322 g/mol. The van der Waals surface area contributed by atoms with E-state index in [1.165, 1.54) is 5.56 Å². The maximum atomic E-state index is 11.2. The molecule has 1 aliphatic rings. The van der Waals surface area contributed by atoms with Crippen LogP contribution in [0.2, 0.25) is 0 Å². The summed E-state index contributed by atoms with van der Waals surface area (Å²) in [6, 6.07) is 14.3. The Kier molecular flexibility index (Phi) is 4.04. The lowest BCUT2D eigenvalue weighted by molar-refractivity contribution is 0.0132. The minimum absolute atomic E-state index is 0.651. The van der Waals surface area contributed by atoms with Crippen LogP contribution in [0, 0.1) is 0 Å². The fourth-order valence-corrected chi connectivity index (χ4v) is 3.48. The zero-order valence-electron chi connectivity index (χ0n) is 13.7. The normalized spacial score (nSPS) is 22.5. The van der Waals surface area contributed by atoms with E-state index in [-0.39, 0.29) is 0 Å². The zero-order valence-corrected chi connectivity index (χ0v) is 13.7. The second-order valence-electron chi connectivity index (χ2n) is 6.61. The van der Waals surface area contributed by atoms with Gasteiger partial charge in [-0.05, 0) is 43.5 Å². The van der Waals surface area contributed by atoms with Gasteiger partial charge in [0.2, 0.25) is 0 Å². The second-order valence-corrected chi connectivity index (χ2v) is 6.61. The number of benzene rings is 1. The summed E-state index contributed by atoms with van der Waals surface area (Å²) in [7, 11) is 0. The Bertz CT molecular complexity index is 783. The third-order valence-corrected chi connectivity index (χ3v) is 4.85. The SMILES string of the molecule is OC1(c2nc3ncccc3[nH]2)CCCN(Cc2ccccc2)CC1. The summed E-state index contributed by atoms with van der Waals surface area (Å²) in [5.41, 5.74) is 1.97. The van der Waals surface area contributed by atoms with Gasteiger partial charge in [0.05, 0.1) is 5.52 Å². The summed E-state index contributed by atoms with van der Waals surface area (Å²) in [5, 5.41) is 11.2. The number of H-pyrrole nitrogens is 1. The molecular formula is C19H22N4O. The molecule has 1 saturated heterocycles. The van der Waals surface area contributed by atoms with E-state index in [2.05, 4.69) is 44.1 Å². The molecule has 1 atom stereocenters. The largest absolute Gasteiger partial charge is 0.382 e. The van der Waals surface area contributed by atoms with Crippen LogP contribution in [-0.4, -0.2) is 38.0 Å². The fraction of sp³-hybridized carbons (Fsp3) is 0.368. The van der Waals surface area contributed by atoms with Crippen molar-refractivity contribution in [2.24, 2.45) is 0 Å². The molecule has 3 aromatic rings. The first kappa shape index (κ1) is 15.3. The number of aromatic amines is 1. The Morgan fingerprint density at radius 1 is 1.08 bits per heavy atom. The molecule has 0 spiro atoms. The van der Waals surface area contributed by atoms with Gasteiger partial charge in [0.1, 0.15) is 11.4 Å². The van der Waals surface area contributed by atoms with Crippen molar-refractivity contribution in [2.75, 3.05) is 13.1 Å². The summed E-state index contributed by atoms with van der Waals surface area (Å²) in [6.45, 7) is 2.78. The van der Waals surface area contributed by atoms with Crippen molar-refractivity contribution in [1.29, 1.82) is 0 Å². The van der Waals surface area contributed by atoms with Crippen molar-refractivity contribution < 1.29 is 5.11 Å². The zero-order chi connectivity index (χ0) is 16.4. The van der Waals surface area contributed by atoms with Crippen molar-refractivity contribution >= 4 is 11.2 Å². The number of rotatable bonds is 3. The third-order valence-electron chi connectivity index (χ3n) is 4.85. The number of imidazole rings is 1. The van der Waals surface area contributed by atoms with Gasteiger partial charge in [0, 0.05) is 19.3 Å². The van der Waals surface area contributed by atoms with Crippen molar-refractivity contribution in [3.05, 3.63) is 60.0 Å². The van der Waals surface area contributed by atoms with Crippen LogP contribution in [0.5, 0.6) is 0 Å². The molecule has 0 bridgehead atoms. The van der Waals surface area contributed by atoms with Crippen molar-refractivity contribution in [3.8, 4) is 0 Å². The van der Waals surface area contributed by atoms with Crippen LogP contribution in [-0.2, 0) is 12.1 Å². The Labute approximate surface area is 141 Å². The first-order valence-electron chi connectivity index (χ1n) is 8.53. The first-order valence-corrected chi connectivity index (χ1v) is 8.53. The van der Waals surface area contributed by atoms with Gasteiger partial charge >= 0.3 is 0 Å². The van der Waals surface area contributed by atoms with Gasteiger partial charge in [0.15, 0.2) is 5.65 Å². The van der Waals surface area contributed by atoms with Crippen LogP contribution >= 0.6 is 0 Å². The maximum absolute atomic E-state index is 11.2. The highest BCUT2D eigenvalue weighted by Gasteiger charge is 2.35. The van der Waals surface area contributed by atoms with Gasteiger partial charge < -0.3 is 10.1 Å². The standard InChI is InChI=1S/C19H22N4O/c24-19(18-21-16-8-4-11-20-17(16)22-18)9-5-12-23(13-10-19)14-15-6-2-1-3-7-15/h1-4,6-8,11,24H,5,9-10,12-14H2,(H,20,21,22). The molecule has 124 valence electrons. The monoisotopic (exact) mass is 322 g/mol. The molecule has 1 unspecified atom stereocenters. The molecule has 0 aliphatic carbocycles. The smallest absolute Gasteiger partial charge is 0.177 e. The van der Waals surface area contributed by atoms with Gasteiger partial charge in [-0.2, -0.15) is 0 Å². The molecule has 2 N–H and O–H groups in total. The molecule has 0 radical (unpaired) electrons. The quantitative estimate of drug-likeness (QED) is 0.778. The van der Waals surface area contributed by atoms with Crippen LogP contribution in [0.15, 0.2) is 48.7 Å². The van der Waals surface area contributed by atoms with E-state index in [1.54, 1.807) is 6.20 Å². The van der Waals surface area contributed by atoms with Crippen molar-refractivity contribution in [3.63, 3.8) is 0 Å². The highest BCUT2D eigenvalue weighted by molar-refractivity contribution is 5.70. The van der Waals surface area contributed by atoms with Gasteiger partial charge in [0.25, 0.3) is 0 Å². The molecule has 5 nitrogen and oxygen atoms in total. The summed E-state index contributed by atoms with van der Waals surface area (Å²) >= 11 is 0. The molecule has 3 heterocycles. The number of aliphatic hydroxyl groups is 1. The molecule has 1 fully saturated rings. The molecule has 0 saturated carbocycles. The minimum atomic E-state index is -0.897. The summed E-state index contributed by atoms with van der Waals surface area (Å²) in [6.07, 6.45) is 4.08. The van der Waals surface area contributed by atoms with Gasteiger partial charge in [-0.1, -0.05) is 30.3 Å². The number of pyridine rings is 1. The number of fused-ring (bicyclic) bond motifs is 1. The summed E-state index contributed by atoms with van der Waals surface area (Å²) < 4.78 is 0. The highest BCUT2D eigenvalue weighted by atomic mass is 16.3. The van der Waals surface area contributed by atoms with Crippen LogP contribution in [0.4, 0.5) is 0 Å². The van der Waals surface area contributed by atoms with Crippen LogP contribution in [0.1, 0.15) is 30.7 Å². The van der Waals surface area contributed by atoms with Crippen LogP contribution < -0.4 is 0 Å². The van der Waals surface area contributed by atoms with E-state index in [0.717, 1.165) is 38.0 Å². The van der Waals surface area contributed by atoms with Gasteiger partial charge in [-0.25, -0.2) is 9.97 Å². The number of hydrogen-bond donors (Lipinski definition) is 2. The molecule has 24 heavy (non-hydrogen) atoms. The van der Waals surface area contributed by atoms with E-state index in [9.17, 15) is 5.11 Å². The Morgan fingerprint density at radius 2 is 1.96 bits per heavy atom. The molecule has 0 amide bonds. The number of nitrogens with one attached hydrogen (secondary N) is 1. The van der Waals surface area contributed by atoms with Crippen molar-refractivity contribution in [1.82, 2.24) is 19.9 Å². The number of aromatic nitrogens is 3. The summed E-state index contributed by atoms with van der Waals surface area (Å²) in [4.78, 5) is 14.4. The summed E-state index contributed by atoms with van der Waals surface area (Å²) in [5.74, 6) is 0.651. The lowest BCUT2D eigenvalue weighted by Gasteiger charge is -2.24. The van der Waals surface area contributed by atoms with E-state index < -0.39 is 5.60 Å². The molecule has 5 heteroatoms. The molecule has 1 aliphatic heterocycles. The molecule has 1 aromatic carbocycles. The molecule has 2 aromatic heterocycles. The average Bonchev–Trinajstić information content (AvgIpc) is 2.97. The number of hydrogen-bond acceptors (Lipinski definition) is 4. The third kappa shape index (κ3) is 3.05. The Morgan fingerprint density at radius 3 is 2.79 bits per heavy atom. The minimum Gasteiger partial charge on any atom is -0.382 e. The van der Waals surface area contributed by atoms with E-state index >= 15 is 0 Å². The van der Waals surface area contributed by atoms with Gasteiger partial charge in [-0.3, -0.25) is 4.90 Å². The first-order chi connectivity index (χ1) is 11.7. The van der Waals surface area contributed by atoms with E-state index in [4.69, 9.17) is 0 Å². The second kappa shape index (κ2) is 6.34. The van der Waals surface area contributed by atoms with E-state index in [0.29, 0.717) is 17.9 Å². The molecule has 4 rings (SSSR count). The topological polar surface area (TPSA) is 65.0 Å². The fourth-order valence-electron chi connectivity index (χ4n) is 3.48. The van der Waals surface area contributed by atoms with Crippen molar-refractivity contribution in [2.45, 2.75) is 31.4 Å². The van der Waals surface area contributed by atoms with Crippen LogP contribution in [0.25, 0.3) is 11.2 Å². The Balaban J connectivity index is 1.50. The maximum Gasteiger partial charge on any atom is 0.177 e. The lowest BCUT2D eigenvalue weighted by Crippen LogP contribution is -2.30. The predicted molar refractivity (Wildman–Crippen MR) is 93.4 cm³/mol. The lowest BCUT2D eigenvalue weighted by atomic mass is 9.94. The predicted octanol–water partition coefficient (Wildman–Crippen LogP) is 2.83. The number of likely N-dealkylation sites (tertiary alicyclic amines) is 1. The Hall–Kier alpha value is -2.24. The van der Waals surface area contributed by atoms with Gasteiger partial charge in [-0.15, -0.1) is 0 Å². The van der Waals surface area contributed by atoms with Crippen LogP contribution in [0.3, 0.4) is 0 Å². The highest BCUT2D eigenvalue weighted by Crippen LogP contribution is 2.32. The number of nitrogens with zero attached hydrogens (tertiary/aromatic N) is 3. The molecular weight excluding hydrogens is 300 g/mol.